The Labute approximate surface area is 124 Å². The summed E-state index contributed by atoms with van der Waals surface area (Å²) in [5.74, 6) is 0.671. The van der Waals surface area contributed by atoms with E-state index in [4.69, 9.17) is 4.74 Å². The van der Waals surface area contributed by atoms with Crippen LogP contribution in [0.3, 0.4) is 0 Å². The smallest absolute Gasteiger partial charge is 0.123 e. The van der Waals surface area contributed by atoms with Gasteiger partial charge in [0.15, 0.2) is 0 Å². The molecule has 21 heavy (non-hydrogen) atoms. The van der Waals surface area contributed by atoms with E-state index in [2.05, 4.69) is 6.07 Å². The van der Waals surface area contributed by atoms with Crippen molar-refractivity contribution >= 4 is 0 Å². The molecule has 110 valence electrons. The van der Waals surface area contributed by atoms with Crippen LogP contribution in [-0.2, 0) is 12.8 Å². The number of hydrogen-bond donors (Lipinski definition) is 1. The van der Waals surface area contributed by atoms with Gasteiger partial charge in [0.1, 0.15) is 11.6 Å². The molecule has 3 rings (SSSR count). The molecule has 1 heterocycles. The zero-order valence-corrected chi connectivity index (χ0v) is 12.1. The first kappa shape index (κ1) is 14.1. The fourth-order valence-corrected chi connectivity index (χ4v) is 2.82. The zero-order chi connectivity index (χ0) is 14.8. The van der Waals surface area contributed by atoms with Crippen LogP contribution < -0.4 is 4.74 Å². The van der Waals surface area contributed by atoms with Crippen LogP contribution in [0.2, 0.25) is 0 Å². The van der Waals surface area contributed by atoms with E-state index in [-0.39, 0.29) is 5.82 Å². The number of halogens is 1. The van der Waals surface area contributed by atoms with E-state index in [1.54, 1.807) is 6.07 Å². The molecule has 3 heteroatoms. The first-order chi connectivity index (χ1) is 10.1. The standard InChI is InChI=1S/C18H19FO2/c1-12-2-5-15(19)11-16(12)17(20)6-3-13-4-7-18-14(10-13)8-9-21-18/h2,4-5,7,10-11,17,20H,3,6,8-9H2,1H3. The van der Waals surface area contributed by atoms with Gasteiger partial charge in [-0.05, 0) is 60.2 Å². The Kier molecular flexibility index (Phi) is 3.93. The Hall–Kier alpha value is -1.87. The summed E-state index contributed by atoms with van der Waals surface area (Å²) in [5.41, 5.74) is 4.03. The maximum Gasteiger partial charge on any atom is 0.123 e. The van der Waals surface area contributed by atoms with Gasteiger partial charge in [0.25, 0.3) is 0 Å². The molecule has 2 aromatic carbocycles. The highest BCUT2D eigenvalue weighted by molar-refractivity contribution is 5.40. The second kappa shape index (κ2) is 5.86. The van der Waals surface area contributed by atoms with E-state index < -0.39 is 6.10 Å². The molecule has 2 aromatic rings. The van der Waals surface area contributed by atoms with Crippen LogP contribution >= 0.6 is 0 Å². The number of aliphatic hydroxyl groups excluding tert-OH is 1. The average Bonchev–Trinajstić information content (AvgIpc) is 2.94. The number of aryl methyl sites for hydroxylation is 2. The molecule has 0 saturated carbocycles. The molecule has 0 aliphatic carbocycles. The minimum atomic E-state index is -0.634. The van der Waals surface area contributed by atoms with Crippen molar-refractivity contribution in [1.82, 2.24) is 0 Å². The lowest BCUT2D eigenvalue weighted by atomic mass is 9.97. The van der Waals surface area contributed by atoms with Crippen LogP contribution in [0.1, 0.15) is 34.8 Å². The molecule has 1 atom stereocenters. The quantitative estimate of drug-likeness (QED) is 0.928. The van der Waals surface area contributed by atoms with Crippen molar-refractivity contribution in [2.45, 2.75) is 32.3 Å². The summed E-state index contributed by atoms with van der Waals surface area (Å²) in [6.07, 6.45) is 1.67. The van der Waals surface area contributed by atoms with Gasteiger partial charge >= 0.3 is 0 Å². The van der Waals surface area contributed by atoms with E-state index in [1.807, 2.05) is 19.1 Å². The van der Waals surface area contributed by atoms with E-state index >= 15 is 0 Å². The largest absolute Gasteiger partial charge is 0.493 e. The van der Waals surface area contributed by atoms with Gasteiger partial charge in [0.2, 0.25) is 0 Å². The van der Waals surface area contributed by atoms with E-state index in [0.29, 0.717) is 12.0 Å². The monoisotopic (exact) mass is 286 g/mol. The molecule has 1 unspecified atom stereocenters. The summed E-state index contributed by atoms with van der Waals surface area (Å²) in [6.45, 7) is 2.65. The first-order valence-electron chi connectivity index (χ1n) is 7.32. The van der Waals surface area contributed by atoms with E-state index in [0.717, 1.165) is 30.8 Å². The molecular formula is C18H19FO2. The second-order valence-corrected chi connectivity index (χ2v) is 5.60. The number of fused-ring (bicyclic) bond motifs is 1. The van der Waals surface area contributed by atoms with Gasteiger partial charge < -0.3 is 9.84 Å². The molecule has 0 bridgehead atoms. The summed E-state index contributed by atoms with van der Waals surface area (Å²) < 4.78 is 18.8. The summed E-state index contributed by atoms with van der Waals surface area (Å²) >= 11 is 0. The van der Waals surface area contributed by atoms with Crippen molar-refractivity contribution in [3.05, 3.63) is 64.5 Å². The minimum Gasteiger partial charge on any atom is -0.493 e. The van der Waals surface area contributed by atoms with Crippen molar-refractivity contribution < 1.29 is 14.2 Å². The number of benzene rings is 2. The van der Waals surface area contributed by atoms with Crippen LogP contribution in [0, 0.1) is 12.7 Å². The van der Waals surface area contributed by atoms with Crippen molar-refractivity contribution in [3.63, 3.8) is 0 Å². The minimum absolute atomic E-state index is 0.302. The lowest BCUT2D eigenvalue weighted by Crippen LogP contribution is -2.03. The highest BCUT2D eigenvalue weighted by Crippen LogP contribution is 2.28. The highest BCUT2D eigenvalue weighted by atomic mass is 19.1. The zero-order valence-electron chi connectivity index (χ0n) is 12.1. The molecule has 1 aliphatic heterocycles. The lowest BCUT2D eigenvalue weighted by molar-refractivity contribution is 0.166. The number of ether oxygens (including phenoxy) is 1. The summed E-state index contributed by atoms with van der Waals surface area (Å²) in [5, 5.41) is 10.3. The van der Waals surface area contributed by atoms with Crippen molar-refractivity contribution in [1.29, 1.82) is 0 Å². The predicted molar refractivity (Wildman–Crippen MR) is 80.1 cm³/mol. The maximum absolute atomic E-state index is 13.3. The molecule has 1 N–H and O–H groups in total. The van der Waals surface area contributed by atoms with Gasteiger partial charge in [-0.2, -0.15) is 0 Å². The third kappa shape index (κ3) is 3.08. The number of hydrogen-bond acceptors (Lipinski definition) is 2. The van der Waals surface area contributed by atoms with Crippen LogP contribution in [-0.4, -0.2) is 11.7 Å². The van der Waals surface area contributed by atoms with Gasteiger partial charge in [0.05, 0.1) is 12.7 Å². The molecule has 0 aromatic heterocycles. The molecule has 2 nitrogen and oxygen atoms in total. The molecule has 0 radical (unpaired) electrons. The van der Waals surface area contributed by atoms with E-state index in [1.165, 1.54) is 23.3 Å². The fourth-order valence-electron chi connectivity index (χ4n) is 2.82. The Balaban J connectivity index is 1.68. The normalized spacial score (nSPS) is 14.6. The summed E-state index contributed by atoms with van der Waals surface area (Å²) in [7, 11) is 0. The molecule has 0 spiro atoms. The van der Waals surface area contributed by atoms with Crippen molar-refractivity contribution in [3.8, 4) is 5.75 Å². The number of rotatable bonds is 4. The van der Waals surface area contributed by atoms with Crippen LogP contribution in [0.15, 0.2) is 36.4 Å². The van der Waals surface area contributed by atoms with Gasteiger partial charge in [0, 0.05) is 6.42 Å². The predicted octanol–water partition coefficient (Wildman–Crippen LogP) is 3.74. The topological polar surface area (TPSA) is 29.5 Å². The lowest BCUT2D eigenvalue weighted by Gasteiger charge is -2.14. The molecule has 0 amide bonds. The third-order valence-electron chi connectivity index (χ3n) is 4.06. The maximum atomic E-state index is 13.3. The van der Waals surface area contributed by atoms with Crippen LogP contribution in [0.5, 0.6) is 5.75 Å². The average molecular weight is 286 g/mol. The van der Waals surface area contributed by atoms with Gasteiger partial charge in [-0.15, -0.1) is 0 Å². The highest BCUT2D eigenvalue weighted by Gasteiger charge is 2.14. The Bertz CT molecular complexity index is 652. The van der Waals surface area contributed by atoms with Gasteiger partial charge in [-0.25, -0.2) is 4.39 Å². The Morgan fingerprint density at radius 2 is 2.10 bits per heavy atom. The SMILES string of the molecule is Cc1ccc(F)cc1C(O)CCc1ccc2c(c1)CCO2. The first-order valence-corrected chi connectivity index (χ1v) is 7.32. The Morgan fingerprint density at radius 3 is 2.95 bits per heavy atom. The summed E-state index contributed by atoms with van der Waals surface area (Å²) in [6, 6.07) is 10.7. The van der Waals surface area contributed by atoms with Crippen LogP contribution in [0.25, 0.3) is 0 Å². The fraction of sp³-hybridized carbons (Fsp3) is 0.333. The van der Waals surface area contributed by atoms with Crippen molar-refractivity contribution in [2.75, 3.05) is 6.61 Å². The van der Waals surface area contributed by atoms with Gasteiger partial charge in [-0.1, -0.05) is 18.2 Å². The molecule has 0 fully saturated rings. The summed E-state index contributed by atoms with van der Waals surface area (Å²) in [4.78, 5) is 0. The molecule has 1 aliphatic rings. The van der Waals surface area contributed by atoms with Gasteiger partial charge in [-0.3, -0.25) is 0 Å². The second-order valence-electron chi connectivity index (χ2n) is 5.60. The molecule has 0 saturated heterocycles. The molecular weight excluding hydrogens is 267 g/mol. The van der Waals surface area contributed by atoms with Crippen molar-refractivity contribution in [2.24, 2.45) is 0 Å². The van der Waals surface area contributed by atoms with Crippen LogP contribution in [0.4, 0.5) is 4.39 Å². The number of aliphatic hydroxyl groups is 1. The Morgan fingerprint density at radius 1 is 1.24 bits per heavy atom. The van der Waals surface area contributed by atoms with E-state index in [9.17, 15) is 9.50 Å². The third-order valence-corrected chi connectivity index (χ3v) is 4.06.